The summed E-state index contributed by atoms with van der Waals surface area (Å²) in [5.74, 6) is -0.0915. The Kier molecular flexibility index (Phi) is 4.29. The summed E-state index contributed by atoms with van der Waals surface area (Å²) in [6.07, 6.45) is 2.79. The summed E-state index contributed by atoms with van der Waals surface area (Å²) in [4.78, 5) is 15.5. The van der Waals surface area contributed by atoms with Crippen molar-refractivity contribution < 1.29 is 4.79 Å². The minimum Gasteiger partial charge on any atom is -0.361 e. The molecule has 2 aromatic carbocycles. The zero-order valence-electron chi connectivity index (χ0n) is 12.0. The van der Waals surface area contributed by atoms with Gasteiger partial charge in [0.1, 0.15) is 0 Å². The molecule has 0 saturated carbocycles. The van der Waals surface area contributed by atoms with E-state index >= 15 is 0 Å². The van der Waals surface area contributed by atoms with Crippen LogP contribution in [0.3, 0.4) is 0 Å². The third kappa shape index (κ3) is 3.07. The van der Waals surface area contributed by atoms with E-state index in [0.29, 0.717) is 12.1 Å². The van der Waals surface area contributed by atoms with Gasteiger partial charge >= 0.3 is 0 Å². The van der Waals surface area contributed by atoms with Crippen LogP contribution in [-0.2, 0) is 6.42 Å². The van der Waals surface area contributed by atoms with E-state index in [1.807, 2.05) is 36.5 Å². The average Bonchev–Trinajstić information content (AvgIpc) is 2.93. The molecule has 3 aromatic rings. The minimum absolute atomic E-state index is 0.0915. The number of aromatic amines is 1. The van der Waals surface area contributed by atoms with Crippen molar-refractivity contribution in [3.05, 3.63) is 76.7 Å². The fourth-order valence-electron chi connectivity index (χ4n) is 2.50. The number of carbonyl (C=O) groups excluding carboxylic acids is 1. The lowest BCUT2D eigenvalue weighted by atomic mass is 10.1. The van der Waals surface area contributed by atoms with E-state index in [-0.39, 0.29) is 5.91 Å². The summed E-state index contributed by atoms with van der Waals surface area (Å²) in [5, 5.41) is 4.16. The quantitative estimate of drug-likeness (QED) is 0.727. The van der Waals surface area contributed by atoms with E-state index in [1.54, 1.807) is 6.07 Å². The molecule has 0 bridgehead atoms. The van der Waals surface area contributed by atoms with Crippen molar-refractivity contribution in [2.75, 3.05) is 6.54 Å². The molecule has 0 saturated heterocycles. The predicted molar refractivity (Wildman–Crippen MR) is 92.9 cm³/mol. The van der Waals surface area contributed by atoms with Gasteiger partial charge in [-0.15, -0.1) is 0 Å². The predicted octanol–water partition coefficient (Wildman–Crippen LogP) is 4.09. The molecule has 1 radical (unpaired) electrons. The third-order valence-corrected chi connectivity index (χ3v) is 4.16. The first kappa shape index (κ1) is 14.9. The van der Waals surface area contributed by atoms with E-state index in [0.717, 1.165) is 22.0 Å². The molecule has 0 spiro atoms. The zero-order valence-corrected chi connectivity index (χ0v) is 13.6. The van der Waals surface area contributed by atoms with Crippen LogP contribution in [0.5, 0.6) is 0 Å². The number of amides is 1. The highest BCUT2D eigenvalue weighted by Crippen LogP contribution is 2.18. The van der Waals surface area contributed by atoms with Crippen LogP contribution in [0.2, 0.25) is 0 Å². The van der Waals surface area contributed by atoms with Crippen LogP contribution in [0.1, 0.15) is 21.5 Å². The van der Waals surface area contributed by atoms with E-state index < -0.39 is 0 Å². The van der Waals surface area contributed by atoms with Gasteiger partial charge < -0.3 is 10.3 Å². The second kappa shape index (κ2) is 6.36. The molecule has 3 nitrogen and oxygen atoms in total. The molecule has 0 fully saturated rings. The Morgan fingerprint density at radius 3 is 2.91 bits per heavy atom. The molecule has 2 N–H and O–H groups in total. The van der Waals surface area contributed by atoms with Gasteiger partial charge in [-0.3, -0.25) is 4.79 Å². The highest BCUT2D eigenvalue weighted by molar-refractivity contribution is 9.10. The van der Waals surface area contributed by atoms with E-state index in [4.69, 9.17) is 0 Å². The monoisotopic (exact) mass is 355 g/mol. The van der Waals surface area contributed by atoms with Gasteiger partial charge in [-0.25, -0.2) is 0 Å². The lowest BCUT2D eigenvalue weighted by Gasteiger charge is -2.08. The van der Waals surface area contributed by atoms with Gasteiger partial charge in [-0.05, 0) is 42.7 Å². The van der Waals surface area contributed by atoms with E-state index in [1.165, 1.54) is 10.9 Å². The molecule has 22 heavy (non-hydrogen) atoms. The Hall–Kier alpha value is -2.07. The van der Waals surface area contributed by atoms with Gasteiger partial charge in [0.05, 0.1) is 0 Å². The number of aromatic nitrogens is 1. The summed E-state index contributed by atoms with van der Waals surface area (Å²) < 4.78 is 0.877. The maximum Gasteiger partial charge on any atom is 0.251 e. The van der Waals surface area contributed by atoms with Gasteiger partial charge in [0, 0.05) is 33.7 Å². The van der Waals surface area contributed by atoms with Crippen molar-refractivity contribution in [3.63, 3.8) is 0 Å². The molecular weight excluding hydrogens is 340 g/mol. The fourth-order valence-corrected chi connectivity index (χ4v) is 2.87. The maximum absolute atomic E-state index is 12.2. The normalized spacial score (nSPS) is 10.8. The molecule has 1 amide bonds. The summed E-state index contributed by atoms with van der Waals surface area (Å²) in [5.41, 5.74) is 3.66. The molecule has 4 heteroatoms. The van der Waals surface area contributed by atoms with E-state index in [9.17, 15) is 4.79 Å². The van der Waals surface area contributed by atoms with Gasteiger partial charge in [-0.2, -0.15) is 0 Å². The van der Waals surface area contributed by atoms with Gasteiger partial charge in [-0.1, -0.05) is 40.2 Å². The van der Waals surface area contributed by atoms with Crippen molar-refractivity contribution in [2.24, 2.45) is 0 Å². The minimum atomic E-state index is -0.0915. The molecule has 3 rings (SSSR count). The second-order valence-corrected chi connectivity index (χ2v) is 6.08. The lowest BCUT2D eigenvalue weighted by Crippen LogP contribution is -2.26. The standard InChI is InChI=1S/C18H16BrN2O/c1-12-6-7-14(19)10-16(12)18(22)20-9-8-13-11-21-17-5-3-2-4-15(13)17/h2-7,10-11,21H,1,8-9H2,(H,20,22). The fraction of sp³-hybridized carbons (Fsp3) is 0.111. The number of H-pyrrole nitrogens is 1. The summed E-state index contributed by atoms with van der Waals surface area (Å²) in [6.45, 7) is 4.48. The largest absolute Gasteiger partial charge is 0.361 e. The highest BCUT2D eigenvalue weighted by Gasteiger charge is 2.09. The Morgan fingerprint density at radius 1 is 1.23 bits per heavy atom. The highest BCUT2D eigenvalue weighted by atomic mass is 79.9. The van der Waals surface area contributed by atoms with Gasteiger partial charge in [0.25, 0.3) is 5.91 Å². The molecule has 111 valence electrons. The van der Waals surface area contributed by atoms with Gasteiger partial charge in [0.15, 0.2) is 0 Å². The van der Waals surface area contributed by atoms with Gasteiger partial charge in [0.2, 0.25) is 0 Å². The summed E-state index contributed by atoms with van der Waals surface area (Å²) in [7, 11) is 0. The lowest BCUT2D eigenvalue weighted by molar-refractivity contribution is 0.0954. The Labute approximate surface area is 137 Å². The van der Waals surface area contributed by atoms with Crippen LogP contribution in [0.4, 0.5) is 0 Å². The first-order chi connectivity index (χ1) is 10.6. The van der Waals surface area contributed by atoms with Crippen LogP contribution in [-0.4, -0.2) is 17.4 Å². The molecule has 0 atom stereocenters. The molecule has 0 aliphatic heterocycles. The number of halogens is 1. The zero-order chi connectivity index (χ0) is 15.5. The molecule has 1 aromatic heterocycles. The topological polar surface area (TPSA) is 44.9 Å². The van der Waals surface area contributed by atoms with Crippen LogP contribution >= 0.6 is 15.9 Å². The first-order valence-corrected chi connectivity index (χ1v) is 7.89. The second-order valence-electron chi connectivity index (χ2n) is 5.17. The maximum atomic E-state index is 12.2. The number of hydrogen-bond donors (Lipinski definition) is 2. The average molecular weight is 356 g/mol. The first-order valence-electron chi connectivity index (χ1n) is 7.10. The molecular formula is C18H16BrN2O. The van der Waals surface area contributed by atoms with Crippen molar-refractivity contribution in [1.82, 2.24) is 10.3 Å². The van der Waals surface area contributed by atoms with Crippen molar-refractivity contribution in [2.45, 2.75) is 6.42 Å². The van der Waals surface area contributed by atoms with Crippen molar-refractivity contribution in [1.29, 1.82) is 0 Å². The van der Waals surface area contributed by atoms with Crippen molar-refractivity contribution in [3.8, 4) is 0 Å². The van der Waals surface area contributed by atoms with Crippen molar-refractivity contribution >= 4 is 32.7 Å². The Bertz CT molecular complexity index is 823. The number of nitrogens with one attached hydrogen (secondary N) is 2. The number of rotatable bonds is 4. The van der Waals surface area contributed by atoms with Crippen LogP contribution < -0.4 is 5.32 Å². The third-order valence-electron chi connectivity index (χ3n) is 3.67. The Balaban J connectivity index is 1.65. The number of benzene rings is 2. The summed E-state index contributed by atoms with van der Waals surface area (Å²) >= 11 is 3.38. The number of hydrogen-bond acceptors (Lipinski definition) is 1. The van der Waals surface area contributed by atoms with Crippen LogP contribution in [0.15, 0.2) is 53.1 Å². The number of fused-ring (bicyclic) bond motifs is 1. The molecule has 0 aliphatic carbocycles. The molecule has 0 unspecified atom stereocenters. The smallest absolute Gasteiger partial charge is 0.251 e. The number of carbonyl (C=O) groups is 1. The SMILES string of the molecule is [CH2]c1ccc(Br)cc1C(=O)NCCc1c[nH]c2ccccc12. The van der Waals surface area contributed by atoms with Crippen LogP contribution in [0.25, 0.3) is 10.9 Å². The number of para-hydroxylation sites is 1. The molecule has 1 heterocycles. The summed E-state index contributed by atoms with van der Waals surface area (Å²) in [6, 6.07) is 13.7. The van der Waals surface area contributed by atoms with E-state index in [2.05, 4.69) is 39.2 Å². The molecule has 0 aliphatic rings. The van der Waals surface area contributed by atoms with Crippen LogP contribution in [0, 0.1) is 6.92 Å². The Morgan fingerprint density at radius 2 is 2.05 bits per heavy atom.